The van der Waals surface area contributed by atoms with Gasteiger partial charge >= 0.3 is 0 Å². The van der Waals surface area contributed by atoms with E-state index in [0.717, 1.165) is 5.56 Å². The predicted molar refractivity (Wildman–Crippen MR) is 133 cm³/mol. The van der Waals surface area contributed by atoms with Crippen LogP contribution in [0.25, 0.3) is 0 Å². The van der Waals surface area contributed by atoms with Gasteiger partial charge in [-0.2, -0.15) is 5.26 Å². The van der Waals surface area contributed by atoms with Gasteiger partial charge in [0.15, 0.2) is 0 Å². The molecule has 0 saturated carbocycles. The molecule has 2 aromatic carbocycles. The van der Waals surface area contributed by atoms with Crippen LogP contribution < -0.4 is 4.74 Å². The van der Waals surface area contributed by atoms with E-state index in [2.05, 4.69) is 11.1 Å². The van der Waals surface area contributed by atoms with E-state index >= 15 is 0 Å². The highest BCUT2D eigenvalue weighted by Crippen LogP contribution is 2.35. The van der Waals surface area contributed by atoms with E-state index in [1.165, 1.54) is 13.3 Å². The van der Waals surface area contributed by atoms with Gasteiger partial charge in [0.25, 0.3) is 11.8 Å². The Labute approximate surface area is 213 Å². The third kappa shape index (κ3) is 5.09. The smallest absolute Gasteiger partial charge is 0.255 e. The van der Waals surface area contributed by atoms with Gasteiger partial charge in [-0.05, 0) is 48.0 Å². The van der Waals surface area contributed by atoms with Gasteiger partial charge in [0.05, 0.1) is 40.4 Å². The summed E-state index contributed by atoms with van der Waals surface area (Å²) < 4.78 is 5.08. The third-order valence-electron chi connectivity index (χ3n) is 6.22. The van der Waals surface area contributed by atoms with Crippen LogP contribution >= 0.6 is 23.2 Å². The number of rotatable bonds is 5. The topological polar surface area (TPSA) is 86.5 Å². The zero-order valence-electron chi connectivity index (χ0n) is 19.1. The normalized spacial score (nSPS) is 17.1. The number of benzene rings is 2. The summed E-state index contributed by atoms with van der Waals surface area (Å²) in [6, 6.07) is 16.9. The molecule has 1 aliphatic heterocycles. The van der Waals surface area contributed by atoms with Crippen molar-refractivity contribution in [3.63, 3.8) is 0 Å². The number of carbonyl (C=O) groups is 2. The van der Waals surface area contributed by atoms with Gasteiger partial charge in [-0.3, -0.25) is 9.59 Å². The molecule has 0 N–H and O–H groups in total. The summed E-state index contributed by atoms with van der Waals surface area (Å²) in [6.07, 6.45) is 1.47. The van der Waals surface area contributed by atoms with Crippen LogP contribution in [0.5, 0.6) is 5.88 Å². The number of nitriles is 1. The first kappa shape index (κ1) is 24.5. The van der Waals surface area contributed by atoms with Crippen LogP contribution in [0, 0.1) is 11.3 Å². The number of halogens is 2. The molecule has 1 saturated heterocycles. The number of likely N-dealkylation sites (tertiary alicyclic amines) is 1. The van der Waals surface area contributed by atoms with Crippen molar-refractivity contribution in [1.82, 2.24) is 14.8 Å². The van der Waals surface area contributed by atoms with Crippen molar-refractivity contribution >= 4 is 35.0 Å². The molecule has 0 radical (unpaired) electrons. The molecule has 2 heterocycles. The van der Waals surface area contributed by atoms with Gasteiger partial charge in [0, 0.05) is 43.9 Å². The maximum Gasteiger partial charge on any atom is 0.255 e. The van der Waals surface area contributed by atoms with Crippen LogP contribution in [-0.4, -0.2) is 59.9 Å². The first-order valence-corrected chi connectivity index (χ1v) is 11.6. The average Bonchev–Trinajstić information content (AvgIpc) is 3.34. The summed E-state index contributed by atoms with van der Waals surface area (Å²) in [6.45, 7) is 0.718. The van der Waals surface area contributed by atoms with Crippen LogP contribution in [-0.2, 0) is 0 Å². The Hall–Kier alpha value is -3.60. The number of ether oxygens (including phenoxy) is 1. The van der Waals surface area contributed by atoms with E-state index in [-0.39, 0.29) is 23.8 Å². The van der Waals surface area contributed by atoms with Gasteiger partial charge < -0.3 is 14.5 Å². The molecule has 0 bridgehead atoms. The molecule has 35 heavy (non-hydrogen) atoms. The van der Waals surface area contributed by atoms with Crippen molar-refractivity contribution in [2.75, 3.05) is 27.2 Å². The summed E-state index contributed by atoms with van der Waals surface area (Å²) in [5.41, 5.74) is 2.25. The number of nitrogens with zero attached hydrogens (tertiary/aromatic N) is 4. The number of pyridine rings is 1. The molecule has 0 spiro atoms. The fourth-order valence-electron chi connectivity index (χ4n) is 4.27. The minimum Gasteiger partial charge on any atom is -0.481 e. The van der Waals surface area contributed by atoms with Crippen molar-refractivity contribution in [2.45, 2.75) is 12.0 Å². The Morgan fingerprint density at radius 1 is 1.06 bits per heavy atom. The van der Waals surface area contributed by atoms with Crippen molar-refractivity contribution in [3.8, 4) is 11.9 Å². The molecular weight excluding hydrogens is 487 g/mol. The fraction of sp³-hybridized carbons (Fsp3) is 0.231. The second-order valence-corrected chi connectivity index (χ2v) is 9.07. The van der Waals surface area contributed by atoms with Crippen LogP contribution in [0.4, 0.5) is 0 Å². The zero-order valence-corrected chi connectivity index (χ0v) is 20.6. The van der Waals surface area contributed by atoms with Crippen LogP contribution in [0.3, 0.4) is 0 Å². The minimum absolute atomic E-state index is 0.172. The molecule has 7 nitrogen and oxygen atoms in total. The summed E-state index contributed by atoms with van der Waals surface area (Å²) in [5, 5.41) is 9.88. The lowest BCUT2D eigenvalue weighted by atomic mass is 9.93. The van der Waals surface area contributed by atoms with E-state index in [0.29, 0.717) is 45.7 Å². The molecule has 0 aliphatic carbocycles. The molecule has 1 aromatic heterocycles. The number of aromatic nitrogens is 1. The molecule has 1 fully saturated rings. The van der Waals surface area contributed by atoms with E-state index < -0.39 is 0 Å². The summed E-state index contributed by atoms with van der Waals surface area (Å²) >= 11 is 12.4. The molecule has 1 aliphatic rings. The Kier molecular flexibility index (Phi) is 7.25. The van der Waals surface area contributed by atoms with Crippen molar-refractivity contribution in [3.05, 3.63) is 93.1 Å². The average molecular weight is 509 g/mol. The quantitative estimate of drug-likeness (QED) is 0.500. The van der Waals surface area contributed by atoms with Crippen molar-refractivity contribution in [1.29, 1.82) is 5.26 Å². The summed E-state index contributed by atoms with van der Waals surface area (Å²) in [7, 11) is 3.23. The maximum atomic E-state index is 13.3. The predicted octanol–water partition coefficient (Wildman–Crippen LogP) is 4.65. The number of hydrogen-bond donors (Lipinski definition) is 0. The third-order valence-corrected chi connectivity index (χ3v) is 6.96. The standard InChI is InChI=1S/C26H22Cl2N4O3/c1-31(25(33)19-8-10-24(35-2)30-13-19)23-15-32(26(34)17-5-3-16(12-29)4-6-17)14-20(23)18-7-9-21(27)22(28)11-18/h3-11,13,20,23H,14-15H2,1-2H3/t20-,23+/m0/s1. The van der Waals surface area contributed by atoms with Crippen LogP contribution in [0.2, 0.25) is 10.0 Å². The van der Waals surface area contributed by atoms with Crippen molar-refractivity contribution < 1.29 is 14.3 Å². The van der Waals surface area contributed by atoms with Gasteiger partial charge in [-0.1, -0.05) is 29.3 Å². The Bertz CT molecular complexity index is 1290. The maximum absolute atomic E-state index is 13.3. The van der Waals surface area contributed by atoms with Gasteiger partial charge in [-0.15, -0.1) is 0 Å². The minimum atomic E-state index is -0.316. The van der Waals surface area contributed by atoms with Gasteiger partial charge in [0.1, 0.15) is 0 Å². The Balaban J connectivity index is 1.64. The number of amides is 2. The first-order chi connectivity index (χ1) is 16.8. The Morgan fingerprint density at radius 3 is 2.37 bits per heavy atom. The lowest BCUT2D eigenvalue weighted by molar-refractivity contribution is 0.0695. The highest BCUT2D eigenvalue weighted by Gasteiger charge is 2.40. The molecule has 178 valence electrons. The zero-order chi connectivity index (χ0) is 25.1. The first-order valence-electron chi connectivity index (χ1n) is 10.8. The molecule has 2 amide bonds. The number of carbonyl (C=O) groups excluding carboxylic acids is 2. The van der Waals surface area contributed by atoms with E-state index in [1.807, 2.05) is 6.07 Å². The van der Waals surface area contributed by atoms with Crippen LogP contribution in [0.15, 0.2) is 60.8 Å². The lowest BCUT2D eigenvalue weighted by Crippen LogP contribution is -2.42. The van der Waals surface area contributed by atoms with Gasteiger partial charge in [0.2, 0.25) is 5.88 Å². The number of likely N-dealkylation sites (N-methyl/N-ethyl adjacent to an activating group) is 1. The second-order valence-electron chi connectivity index (χ2n) is 8.25. The number of methoxy groups -OCH3 is 1. The molecule has 4 rings (SSSR count). The van der Waals surface area contributed by atoms with E-state index in [9.17, 15) is 9.59 Å². The lowest BCUT2D eigenvalue weighted by Gasteiger charge is -2.29. The fourth-order valence-corrected chi connectivity index (χ4v) is 4.57. The summed E-state index contributed by atoms with van der Waals surface area (Å²) in [5.74, 6) is -0.165. The highest BCUT2D eigenvalue weighted by atomic mass is 35.5. The molecule has 0 unspecified atom stereocenters. The Morgan fingerprint density at radius 2 is 1.77 bits per heavy atom. The van der Waals surface area contributed by atoms with Crippen LogP contribution in [0.1, 0.15) is 37.8 Å². The van der Waals surface area contributed by atoms with Crippen molar-refractivity contribution in [2.24, 2.45) is 0 Å². The monoisotopic (exact) mass is 508 g/mol. The SMILES string of the molecule is COc1ccc(C(=O)N(C)[C@@H]2CN(C(=O)c3ccc(C#N)cc3)C[C@H]2c2ccc(Cl)c(Cl)c2)cn1. The second kappa shape index (κ2) is 10.3. The molecule has 9 heteroatoms. The molecule has 3 aromatic rings. The van der Waals surface area contributed by atoms with Gasteiger partial charge in [-0.25, -0.2) is 4.98 Å². The summed E-state index contributed by atoms with van der Waals surface area (Å²) in [4.78, 5) is 34.1. The highest BCUT2D eigenvalue weighted by molar-refractivity contribution is 6.42. The van der Waals surface area contributed by atoms with E-state index in [4.69, 9.17) is 33.2 Å². The largest absolute Gasteiger partial charge is 0.481 e. The number of hydrogen-bond acceptors (Lipinski definition) is 5. The van der Waals surface area contributed by atoms with E-state index in [1.54, 1.807) is 65.4 Å². The molecular formula is C26H22Cl2N4O3. The molecule has 2 atom stereocenters.